The molecule has 0 radical (unpaired) electrons. The zero-order valence-electron chi connectivity index (χ0n) is 17.1. The van der Waals surface area contributed by atoms with Crippen LogP contribution in [0.25, 0.3) is 11.3 Å². The number of amides is 2. The van der Waals surface area contributed by atoms with E-state index in [1.165, 1.54) is 23.1 Å². The molecule has 160 valence electrons. The number of aryl methyl sites for hydroxylation is 1. The summed E-state index contributed by atoms with van der Waals surface area (Å²) < 4.78 is 6.40. The molecule has 1 fully saturated rings. The van der Waals surface area contributed by atoms with E-state index in [9.17, 15) is 9.59 Å². The molecule has 2 N–H and O–H groups in total. The smallest absolute Gasteiger partial charge is 0.262 e. The van der Waals surface area contributed by atoms with Crippen LogP contribution in [0.15, 0.2) is 58.9 Å². The second kappa shape index (κ2) is 9.98. The summed E-state index contributed by atoms with van der Waals surface area (Å²) in [5, 5.41) is 6.55. The monoisotopic (exact) mass is 453 g/mol. The van der Waals surface area contributed by atoms with Gasteiger partial charge in [-0.05, 0) is 31.4 Å². The lowest BCUT2D eigenvalue weighted by Crippen LogP contribution is -2.26. The van der Waals surface area contributed by atoms with Gasteiger partial charge in [-0.2, -0.15) is 0 Å². The highest BCUT2D eigenvalue weighted by Crippen LogP contribution is 2.37. The first-order valence-corrected chi connectivity index (χ1v) is 11.9. The van der Waals surface area contributed by atoms with Crippen LogP contribution in [-0.2, 0) is 9.59 Å². The Labute approximate surface area is 189 Å². The predicted molar refractivity (Wildman–Crippen MR) is 125 cm³/mol. The summed E-state index contributed by atoms with van der Waals surface area (Å²) >= 11 is 2.75. The van der Waals surface area contributed by atoms with Crippen LogP contribution in [0.1, 0.15) is 18.4 Å². The minimum Gasteiger partial charge on any atom is -0.483 e. The second-order valence-electron chi connectivity index (χ2n) is 7.26. The number of carbonyl (C=O) groups excluding carboxylic acids is 2. The maximum Gasteiger partial charge on any atom is 0.262 e. The van der Waals surface area contributed by atoms with Crippen molar-refractivity contribution >= 4 is 39.9 Å². The highest BCUT2D eigenvalue weighted by molar-refractivity contribution is 8.01. The number of rotatable bonds is 9. The molecule has 0 aliphatic heterocycles. The topological polar surface area (TPSA) is 80.3 Å². The first kappa shape index (κ1) is 21.4. The molecule has 0 saturated heterocycles. The molecule has 0 bridgehead atoms. The summed E-state index contributed by atoms with van der Waals surface area (Å²) in [6.45, 7) is 1.84. The van der Waals surface area contributed by atoms with Gasteiger partial charge in [-0.25, -0.2) is 4.98 Å². The van der Waals surface area contributed by atoms with E-state index in [1.807, 2.05) is 61.5 Å². The summed E-state index contributed by atoms with van der Waals surface area (Å²) in [6.07, 6.45) is 2.12. The first-order valence-electron chi connectivity index (χ1n) is 10.0. The van der Waals surface area contributed by atoms with Crippen molar-refractivity contribution in [3.63, 3.8) is 0 Å². The summed E-state index contributed by atoms with van der Waals surface area (Å²) in [6, 6.07) is 17.6. The van der Waals surface area contributed by atoms with Crippen LogP contribution in [0.4, 0.5) is 5.00 Å². The first-order chi connectivity index (χ1) is 15.1. The number of aromatic nitrogens is 1. The number of nitrogens with zero attached hydrogens (tertiary/aromatic N) is 1. The lowest BCUT2D eigenvalue weighted by Gasteiger charge is -2.09. The lowest BCUT2D eigenvalue weighted by molar-refractivity contribution is -0.119. The Morgan fingerprint density at radius 1 is 1.10 bits per heavy atom. The molecule has 1 saturated carbocycles. The van der Waals surface area contributed by atoms with E-state index in [2.05, 4.69) is 15.6 Å². The van der Waals surface area contributed by atoms with Gasteiger partial charge in [0.15, 0.2) is 10.9 Å². The van der Waals surface area contributed by atoms with Crippen LogP contribution >= 0.6 is 23.1 Å². The van der Waals surface area contributed by atoms with Crippen LogP contribution in [0, 0.1) is 6.92 Å². The molecule has 0 spiro atoms. The Morgan fingerprint density at radius 3 is 2.58 bits per heavy atom. The number of ether oxygens (including phenoxy) is 1. The molecular weight excluding hydrogens is 430 g/mol. The van der Waals surface area contributed by atoms with Gasteiger partial charge >= 0.3 is 0 Å². The molecule has 2 amide bonds. The largest absolute Gasteiger partial charge is 0.483 e. The second-order valence-corrected chi connectivity index (χ2v) is 9.48. The van der Waals surface area contributed by atoms with E-state index in [4.69, 9.17) is 4.74 Å². The average molecular weight is 454 g/mol. The fourth-order valence-electron chi connectivity index (χ4n) is 2.89. The van der Waals surface area contributed by atoms with Crippen LogP contribution < -0.4 is 15.4 Å². The Morgan fingerprint density at radius 2 is 1.84 bits per heavy atom. The van der Waals surface area contributed by atoms with Crippen LogP contribution in [0.2, 0.25) is 0 Å². The zero-order chi connectivity index (χ0) is 21.6. The number of nitrogens with one attached hydrogen (secondary N) is 2. The van der Waals surface area contributed by atoms with Crippen molar-refractivity contribution < 1.29 is 14.3 Å². The molecule has 1 aromatic heterocycles. The van der Waals surface area contributed by atoms with Gasteiger partial charge in [0.05, 0.1) is 5.75 Å². The Hall–Kier alpha value is -2.84. The molecule has 2 aromatic carbocycles. The number of benzene rings is 2. The Bertz CT molecular complexity index is 1060. The molecule has 0 atom stereocenters. The lowest BCUT2D eigenvalue weighted by atomic mass is 10.2. The van der Waals surface area contributed by atoms with Crippen molar-refractivity contribution in [3.05, 3.63) is 60.2 Å². The van der Waals surface area contributed by atoms with Gasteiger partial charge in [0.1, 0.15) is 16.4 Å². The van der Waals surface area contributed by atoms with Gasteiger partial charge in [-0.15, -0.1) is 0 Å². The van der Waals surface area contributed by atoms with Crippen molar-refractivity contribution in [2.45, 2.75) is 30.1 Å². The summed E-state index contributed by atoms with van der Waals surface area (Å²) in [4.78, 5) is 29.2. The van der Waals surface area contributed by atoms with Gasteiger partial charge in [0.25, 0.3) is 5.91 Å². The third-order valence-electron chi connectivity index (χ3n) is 4.63. The number of anilines is 1. The summed E-state index contributed by atoms with van der Waals surface area (Å²) in [5.74, 6) is 0.749. The van der Waals surface area contributed by atoms with Crippen molar-refractivity contribution in [1.82, 2.24) is 10.3 Å². The van der Waals surface area contributed by atoms with Gasteiger partial charge in [-0.1, -0.05) is 71.6 Å². The number of hydrogen-bond acceptors (Lipinski definition) is 6. The van der Waals surface area contributed by atoms with Crippen molar-refractivity contribution in [2.24, 2.45) is 0 Å². The van der Waals surface area contributed by atoms with Crippen molar-refractivity contribution in [3.8, 4) is 17.0 Å². The van der Waals surface area contributed by atoms with Crippen molar-refractivity contribution in [2.75, 3.05) is 17.7 Å². The highest BCUT2D eigenvalue weighted by Gasteiger charge is 2.23. The van der Waals surface area contributed by atoms with Gasteiger partial charge in [0, 0.05) is 11.6 Å². The average Bonchev–Trinajstić information content (AvgIpc) is 3.50. The van der Waals surface area contributed by atoms with Crippen LogP contribution in [-0.4, -0.2) is 35.2 Å². The fourth-order valence-corrected chi connectivity index (χ4v) is 4.78. The maximum absolute atomic E-state index is 12.6. The van der Waals surface area contributed by atoms with E-state index in [-0.39, 0.29) is 18.4 Å². The minimum absolute atomic E-state index is 0.0150. The number of thiazole rings is 1. The van der Waals surface area contributed by atoms with Gasteiger partial charge in [-0.3, -0.25) is 9.59 Å². The molecule has 1 aliphatic rings. The van der Waals surface area contributed by atoms with E-state index >= 15 is 0 Å². The minimum atomic E-state index is -0.257. The van der Waals surface area contributed by atoms with Crippen LogP contribution in [0.5, 0.6) is 5.75 Å². The maximum atomic E-state index is 12.6. The van der Waals surface area contributed by atoms with Crippen LogP contribution in [0.3, 0.4) is 0 Å². The third kappa shape index (κ3) is 6.08. The molecule has 1 heterocycles. The number of thioether (sulfide) groups is 1. The number of carbonyl (C=O) groups is 2. The predicted octanol–water partition coefficient (Wildman–Crippen LogP) is 4.51. The standard InChI is InChI=1S/C23H23N3O3S2/c1-15-7-5-6-10-18(15)29-13-19(27)25-22-21(16-8-3-2-4-9-16)26-23(31-22)30-14-20(28)24-17-11-12-17/h2-10,17H,11-14H2,1H3,(H,24,28)(H,25,27). The molecule has 31 heavy (non-hydrogen) atoms. The SMILES string of the molecule is Cc1ccccc1OCC(=O)Nc1sc(SCC(=O)NC2CC2)nc1-c1ccccc1. The molecule has 4 rings (SSSR count). The van der Waals surface area contributed by atoms with E-state index in [1.54, 1.807) is 0 Å². The van der Waals surface area contributed by atoms with E-state index in [0.717, 1.165) is 28.3 Å². The fraction of sp³-hybridized carbons (Fsp3) is 0.261. The van der Waals surface area contributed by atoms with Gasteiger partial charge in [0.2, 0.25) is 5.91 Å². The Balaban J connectivity index is 1.44. The van der Waals surface area contributed by atoms with E-state index < -0.39 is 0 Å². The molecule has 3 aromatic rings. The molecule has 0 unspecified atom stereocenters. The summed E-state index contributed by atoms with van der Waals surface area (Å²) in [7, 11) is 0. The zero-order valence-corrected chi connectivity index (χ0v) is 18.7. The summed E-state index contributed by atoms with van der Waals surface area (Å²) in [5.41, 5.74) is 2.57. The molecule has 6 nitrogen and oxygen atoms in total. The quantitative estimate of drug-likeness (QED) is 0.466. The van der Waals surface area contributed by atoms with E-state index in [0.29, 0.717) is 28.2 Å². The van der Waals surface area contributed by atoms with Crippen molar-refractivity contribution in [1.29, 1.82) is 0 Å². The number of para-hydroxylation sites is 1. The Kier molecular flexibility index (Phi) is 6.89. The third-order valence-corrected chi connectivity index (χ3v) is 6.74. The molecule has 8 heteroatoms. The molecule has 1 aliphatic carbocycles. The highest BCUT2D eigenvalue weighted by atomic mass is 32.2. The van der Waals surface area contributed by atoms with Gasteiger partial charge < -0.3 is 15.4 Å². The normalized spacial score (nSPS) is 12.9. The number of hydrogen-bond donors (Lipinski definition) is 2. The molecular formula is C23H23N3O3S2.